The third-order valence-corrected chi connectivity index (χ3v) is 2.91. The van der Waals surface area contributed by atoms with Crippen LogP contribution in [0.3, 0.4) is 0 Å². The second-order valence-electron chi connectivity index (χ2n) is 4.83. The summed E-state index contributed by atoms with van der Waals surface area (Å²) in [6, 6.07) is 16.0. The summed E-state index contributed by atoms with van der Waals surface area (Å²) in [6.07, 6.45) is 0.157. The molecule has 0 atom stereocenters. The minimum Gasteiger partial charge on any atom is -0.496 e. The van der Waals surface area contributed by atoms with Crippen molar-refractivity contribution < 1.29 is 9.47 Å². The highest BCUT2D eigenvalue weighted by atomic mass is 16.5. The summed E-state index contributed by atoms with van der Waals surface area (Å²) in [4.78, 5) is 0. The van der Waals surface area contributed by atoms with Crippen molar-refractivity contribution in [2.24, 2.45) is 0 Å². The number of rotatable bonds is 6. The Hall–Kier alpha value is -2.16. The Morgan fingerprint density at radius 2 is 1.60 bits per heavy atom. The fourth-order valence-electron chi connectivity index (χ4n) is 2.01. The van der Waals surface area contributed by atoms with E-state index in [-0.39, 0.29) is 6.10 Å². The summed E-state index contributed by atoms with van der Waals surface area (Å²) in [5, 5.41) is 3.40. The molecule has 0 bridgehead atoms. The standard InChI is InChI=1S/C17H21NO2/c1-13(2)20-17-11-7-5-9-15(17)18-12-14-8-4-6-10-16(14)19-3/h4-11,13,18H,12H2,1-3H3. The van der Waals surface area contributed by atoms with Gasteiger partial charge in [-0.2, -0.15) is 0 Å². The topological polar surface area (TPSA) is 30.5 Å². The minimum atomic E-state index is 0.157. The normalized spacial score (nSPS) is 10.4. The average Bonchev–Trinajstić information content (AvgIpc) is 2.46. The number of anilines is 1. The maximum Gasteiger partial charge on any atom is 0.142 e. The van der Waals surface area contributed by atoms with E-state index in [4.69, 9.17) is 9.47 Å². The Balaban J connectivity index is 2.11. The van der Waals surface area contributed by atoms with Gasteiger partial charge in [-0.05, 0) is 32.0 Å². The molecule has 0 spiro atoms. The van der Waals surface area contributed by atoms with Crippen molar-refractivity contribution in [1.82, 2.24) is 0 Å². The highest BCUT2D eigenvalue weighted by Gasteiger charge is 2.06. The van der Waals surface area contributed by atoms with Crippen LogP contribution in [-0.4, -0.2) is 13.2 Å². The Bertz CT molecular complexity index is 552. The van der Waals surface area contributed by atoms with Crippen LogP contribution in [-0.2, 0) is 6.54 Å². The van der Waals surface area contributed by atoms with Crippen LogP contribution < -0.4 is 14.8 Å². The van der Waals surface area contributed by atoms with Gasteiger partial charge in [-0.3, -0.25) is 0 Å². The van der Waals surface area contributed by atoms with Gasteiger partial charge in [-0.15, -0.1) is 0 Å². The third-order valence-electron chi connectivity index (χ3n) is 2.91. The summed E-state index contributed by atoms with van der Waals surface area (Å²) in [7, 11) is 1.69. The van der Waals surface area contributed by atoms with Crippen LogP contribution in [0.4, 0.5) is 5.69 Å². The van der Waals surface area contributed by atoms with Crippen molar-refractivity contribution in [1.29, 1.82) is 0 Å². The lowest BCUT2D eigenvalue weighted by atomic mass is 10.2. The maximum atomic E-state index is 5.80. The van der Waals surface area contributed by atoms with E-state index in [1.54, 1.807) is 7.11 Å². The molecule has 0 aliphatic rings. The first-order chi connectivity index (χ1) is 9.70. The summed E-state index contributed by atoms with van der Waals surface area (Å²) in [5.74, 6) is 1.76. The quantitative estimate of drug-likeness (QED) is 0.858. The van der Waals surface area contributed by atoms with E-state index in [1.165, 1.54) is 0 Å². The van der Waals surface area contributed by atoms with Gasteiger partial charge in [0.15, 0.2) is 0 Å². The first kappa shape index (κ1) is 14.3. The van der Waals surface area contributed by atoms with Crippen molar-refractivity contribution in [3.8, 4) is 11.5 Å². The average molecular weight is 271 g/mol. The monoisotopic (exact) mass is 271 g/mol. The van der Waals surface area contributed by atoms with Crippen molar-refractivity contribution in [3.63, 3.8) is 0 Å². The fraction of sp³-hybridized carbons (Fsp3) is 0.294. The van der Waals surface area contributed by atoms with Crippen LogP contribution in [0.1, 0.15) is 19.4 Å². The summed E-state index contributed by atoms with van der Waals surface area (Å²) in [6.45, 7) is 4.75. The molecule has 0 fully saturated rings. The van der Waals surface area contributed by atoms with Crippen LogP contribution >= 0.6 is 0 Å². The first-order valence-corrected chi connectivity index (χ1v) is 6.82. The fourth-order valence-corrected chi connectivity index (χ4v) is 2.01. The summed E-state index contributed by atoms with van der Waals surface area (Å²) in [5.41, 5.74) is 2.11. The molecule has 3 heteroatoms. The molecule has 2 aromatic carbocycles. The van der Waals surface area contributed by atoms with Gasteiger partial charge < -0.3 is 14.8 Å². The number of benzene rings is 2. The number of methoxy groups -OCH3 is 1. The van der Waals surface area contributed by atoms with Gasteiger partial charge >= 0.3 is 0 Å². The molecule has 0 radical (unpaired) electrons. The number of hydrogen-bond donors (Lipinski definition) is 1. The number of ether oxygens (including phenoxy) is 2. The molecule has 2 rings (SSSR count). The Morgan fingerprint density at radius 3 is 2.30 bits per heavy atom. The molecular weight excluding hydrogens is 250 g/mol. The van der Waals surface area contributed by atoms with E-state index >= 15 is 0 Å². The molecule has 3 nitrogen and oxygen atoms in total. The third kappa shape index (κ3) is 3.67. The number of para-hydroxylation sites is 3. The van der Waals surface area contributed by atoms with Crippen molar-refractivity contribution in [3.05, 3.63) is 54.1 Å². The SMILES string of the molecule is COc1ccccc1CNc1ccccc1OC(C)C. The highest BCUT2D eigenvalue weighted by Crippen LogP contribution is 2.26. The zero-order valence-electron chi connectivity index (χ0n) is 12.2. The molecule has 0 aliphatic heterocycles. The molecule has 0 amide bonds. The lowest BCUT2D eigenvalue weighted by Crippen LogP contribution is -2.09. The van der Waals surface area contributed by atoms with E-state index in [1.807, 2.05) is 56.3 Å². The summed E-state index contributed by atoms with van der Waals surface area (Å²) < 4.78 is 11.2. The molecule has 0 aromatic heterocycles. The lowest BCUT2D eigenvalue weighted by molar-refractivity contribution is 0.243. The molecule has 20 heavy (non-hydrogen) atoms. The highest BCUT2D eigenvalue weighted by molar-refractivity contribution is 5.56. The van der Waals surface area contributed by atoms with Crippen LogP contribution in [0.5, 0.6) is 11.5 Å². The summed E-state index contributed by atoms with van der Waals surface area (Å²) >= 11 is 0. The molecular formula is C17H21NO2. The number of hydrogen-bond acceptors (Lipinski definition) is 3. The van der Waals surface area contributed by atoms with E-state index in [0.717, 1.165) is 22.7 Å². The van der Waals surface area contributed by atoms with E-state index in [0.29, 0.717) is 6.54 Å². The lowest BCUT2D eigenvalue weighted by Gasteiger charge is -2.16. The second-order valence-corrected chi connectivity index (χ2v) is 4.83. The molecule has 0 saturated heterocycles. The molecule has 0 unspecified atom stereocenters. The predicted molar refractivity (Wildman–Crippen MR) is 82.5 cm³/mol. The van der Waals surface area contributed by atoms with Crippen molar-refractivity contribution in [2.45, 2.75) is 26.5 Å². The van der Waals surface area contributed by atoms with Crippen molar-refractivity contribution in [2.75, 3.05) is 12.4 Å². The maximum absolute atomic E-state index is 5.80. The zero-order chi connectivity index (χ0) is 14.4. The van der Waals surface area contributed by atoms with Gasteiger partial charge in [-0.1, -0.05) is 30.3 Å². The smallest absolute Gasteiger partial charge is 0.142 e. The first-order valence-electron chi connectivity index (χ1n) is 6.82. The molecule has 106 valence electrons. The van der Waals surface area contributed by atoms with Crippen LogP contribution in [0.2, 0.25) is 0 Å². The van der Waals surface area contributed by atoms with Gasteiger partial charge in [-0.25, -0.2) is 0 Å². The van der Waals surface area contributed by atoms with Gasteiger partial charge in [0.05, 0.1) is 18.9 Å². The van der Waals surface area contributed by atoms with E-state index < -0.39 is 0 Å². The second kappa shape index (κ2) is 6.85. The van der Waals surface area contributed by atoms with Crippen LogP contribution in [0.25, 0.3) is 0 Å². The van der Waals surface area contributed by atoms with Crippen LogP contribution in [0.15, 0.2) is 48.5 Å². The van der Waals surface area contributed by atoms with E-state index in [2.05, 4.69) is 11.4 Å². The Kier molecular flexibility index (Phi) is 4.88. The molecule has 1 N–H and O–H groups in total. The molecule has 0 aliphatic carbocycles. The van der Waals surface area contributed by atoms with Gasteiger partial charge in [0.25, 0.3) is 0 Å². The molecule has 2 aromatic rings. The zero-order valence-corrected chi connectivity index (χ0v) is 12.2. The molecule has 0 saturated carbocycles. The Morgan fingerprint density at radius 1 is 0.950 bits per heavy atom. The largest absolute Gasteiger partial charge is 0.496 e. The molecule has 0 heterocycles. The van der Waals surface area contributed by atoms with Crippen LogP contribution in [0, 0.1) is 0 Å². The van der Waals surface area contributed by atoms with Gasteiger partial charge in [0, 0.05) is 12.1 Å². The van der Waals surface area contributed by atoms with Gasteiger partial charge in [0.2, 0.25) is 0 Å². The van der Waals surface area contributed by atoms with Gasteiger partial charge in [0.1, 0.15) is 11.5 Å². The predicted octanol–water partition coefficient (Wildman–Crippen LogP) is 4.09. The minimum absolute atomic E-state index is 0.157. The number of nitrogens with one attached hydrogen (secondary N) is 1. The Labute approximate surface area is 120 Å². The van der Waals surface area contributed by atoms with E-state index in [9.17, 15) is 0 Å². The van der Waals surface area contributed by atoms with Crippen molar-refractivity contribution >= 4 is 5.69 Å².